The Balaban J connectivity index is 2.70. The zero-order valence-electron chi connectivity index (χ0n) is 14.6. The van der Waals surface area contributed by atoms with Crippen molar-refractivity contribution in [2.45, 2.75) is 76.2 Å². The highest BCUT2D eigenvalue weighted by atomic mass is 32.2. The number of hydrogen-bond acceptors (Lipinski definition) is 3. The van der Waals surface area contributed by atoms with Gasteiger partial charge in [-0.1, -0.05) is 58.1 Å². The molecule has 0 saturated carbocycles. The molecule has 136 valence electrons. The second kappa shape index (κ2) is 10.5. The first-order chi connectivity index (χ1) is 11.4. The topological polar surface area (TPSA) is 83.5 Å². The van der Waals surface area contributed by atoms with E-state index < -0.39 is 22.0 Å². The molecule has 0 spiro atoms. The second-order valence-electron chi connectivity index (χ2n) is 6.11. The number of unbranched alkanes of at least 4 members (excludes halogenated alkanes) is 4. The Morgan fingerprint density at radius 1 is 1.04 bits per heavy atom. The Morgan fingerprint density at radius 3 is 2.21 bits per heavy atom. The monoisotopic (exact) mass is 355 g/mol. The zero-order valence-corrected chi connectivity index (χ0v) is 15.4. The molecule has 0 amide bonds. The summed E-state index contributed by atoms with van der Waals surface area (Å²) < 4.78 is 27.0. The van der Waals surface area contributed by atoms with Gasteiger partial charge in [0.2, 0.25) is 10.0 Å². The van der Waals surface area contributed by atoms with E-state index in [0.717, 1.165) is 24.8 Å². The van der Waals surface area contributed by atoms with E-state index in [1.165, 1.54) is 19.3 Å². The van der Waals surface area contributed by atoms with Gasteiger partial charge in [0.15, 0.2) is 0 Å². The molecule has 0 aliphatic heterocycles. The van der Waals surface area contributed by atoms with Crippen molar-refractivity contribution in [2.75, 3.05) is 0 Å². The lowest BCUT2D eigenvalue weighted by atomic mass is 10.1. The lowest BCUT2D eigenvalue weighted by molar-refractivity contribution is -0.139. The average molecular weight is 356 g/mol. The maximum absolute atomic E-state index is 12.3. The fourth-order valence-electron chi connectivity index (χ4n) is 2.49. The Kier molecular flexibility index (Phi) is 9.00. The number of benzene rings is 1. The summed E-state index contributed by atoms with van der Waals surface area (Å²) in [5.41, 5.74) is 1.10. The van der Waals surface area contributed by atoms with Gasteiger partial charge in [-0.15, -0.1) is 0 Å². The fraction of sp³-hybridized carbons (Fsp3) is 0.611. The van der Waals surface area contributed by atoms with Crippen molar-refractivity contribution >= 4 is 16.0 Å². The summed E-state index contributed by atoms with van der Waals surface area (Å²) in [6.45, 7) is 4.10. The summed E-state index contributed by atoms with van der Waals surface area (Å²) >= 11 is 0. The maximum Gasteiger partial charge on any atom is 0.321 e. The third-order valence-corrected chi connectivity index (χ3v) is 5.48. The Labute approximate surface area is 145 Å². The van der Waals surface area contributed by atoms with Gasteiger partial charge in [0, 0.05) is 0 Å². The van der Waals surface area contributed by atoms with Gasteiger partial charge < -0.3 is 5.11 Å². The number of rotatable bonds is 12. The Morgan fingerprint density at radius 2 is 1.67 bits per heavy atom. The fourth-order valence-corrected chi connectivity index (χ4v) is 3.71. The Bertz CT molecular complexity index is 596. The number of nitrogens with one attached hydrogen (secondary N) is 1. The molecule has 0 aliphatic carbocycles. The predicted octanol–water partition coefficient (Wildman–Crippen LogP) is 3.73. The molecule has 1 rings (SSSR count). The number of sulfonamides is 1. The second-order valence-corrected chi connectivity index (χ2v) is 7.82. The van der Waals surface area contributed by atoms with Crippen molar-refractivity contribution in [3.05, 3.63) is 29.8 Å². The molecule has 1 unspecified atom stereocenters. The standard InChI is InChI=1S/C18H29NO4S/c1-3-5-7-8-9-15-11-13-16(14-12-15)24(22,23)19-17(18(20)21)10-6-4-2/h11-14,17,19H,3-10H2,1-2H3,(H,20,21). The first kappa shape index (κ1) is 20.6. The number of carboxylic acid groups (broad SMARTS) is 1. The van der Waals surface area contributed by atoms with Crippen molar-refractivity contribution in [3.8, 4) is 0 Å². The molecule has 1 aromatic rings. The van der Waals surface area contributed by atoms with Crippen LogP contribution in [0.2, 0.25) is 0 Å². The third kappa shape index (κ3) is 7.01. The molecule has 0 bridgehead atoms. The molecular formula is C18H29NO4S. The zero-order chi connectivity index (χ0) is 18.0. The first-order valence-corrected chi connectivity index (χ1v) is 10.2. The minimum absolute atomic E-state index is 0.113. The van der Waals surface area contributed by atoms with E-state index in [2.05, 4.69) is 11.6 Å². The molecule has 0 fully saturated rings. The number of aryl methyl sites for hydroxylation is 1. The van der Waals surface area contributed by atoms with Crippen LogP contribution in [0.1, 0.15) is 64.4 Å². The van der Waals surface area contributed by atoms with E-state index in [4.69, 9.17) is 5.11 Å². The van der Waals surface area contributed by atoms with Crippen LogP contribution < -0.4 is 4.72 Å². The largest absolute Gasteiger partial charge is 0.480 e. The molecule has 1 aromatic carbocycles. The third-order valence-electron chi connectivity index (χ3n) is 3.99. The normalized spacial score (nSPS) is 12.9. The van der Waals surface area contributed by atoms with Crippen LogP contribution in [0.15, 0.2) is 29.2 Å². The molecule has 0 aliphatic rings. The van der Waals surface area contributed by atoms with Gasteiger partial charge in [-0.3, -0.25) is 4.79 Å². The van der Waals surface area contributed by atoms with Crippen molar-refractivity contribution in [2.24, 2.45) is 0 Å². The van der Waals surface area contributed by atoms with E-state index in [0.29, 0.717) is 12.8 Å². The first-order valence-electron chi connectivity index (χ1n) is 8.74. The summed E-state index contributed by atoms with van der Waals surface area (Å²) in [4.78, 5) is 11.3. The van der Waals surface area contributed by atoms with Crippen LogP contribution >= 0.6 is 0 Å². The molecule has 0 heterocycles. The van der Waals surface area contributed by atoms with Gasteiger partial charge in [-0.2, -0.15) is 4.72 Å². The SMILES string of the molecule is CCCCCCc1ccc(S(=O)(=O)NC(CCCC)C(=O)O)cc1. The number of carbonyl (C=O) groups is 1. The minimum atomic E-state index is -3.81. The van der Waals surface area contributed by atoms with Gasteiger partial charge >= 0.3 is 5.97 Å². The van der Waals surface area contributed by atoms with Crippen LogP contribution in [0.5, 0.6) is 0 Å². The highest BCUT2D eigenvalue weighted by Gasteiger charge is 2.24. The summed E-state index contributed by atoms with van der Waals surface area (Å²) in [6.07, 6.45) is 7.37. The van der Waals surface area contributed by atoms with Crippen LogP contribution in [0.3, 0.4) is 0 Å². The van der Waals surface area contributed by atoms with E-state index in [1.54, 1.807) is 12.1 Å². The van der Waals surface area contributed by atoms with Crippen molar-refractivity contribution in [1.82, 2.24) is 4.72 Å². The molecular weight excluding hydrogens is 326 g/mol. The number of hydrogen-bond donors (Lipinski definition) is 2. The average Bonchev–Trinajstić information content (AvgIpc) is 2.55. The highest BCUT2D eigenvalue weighted by molar-refractivity contribution is 7.89. The van der Waals surface area contributed by atoms with Crippen LogP contribution in [0, 0.1) is 0 Å². The van der Waals surface area contributed by atoms with Crippen molar-refractivity contribution in [1.29, 1.82) is 0 Å². The minimum Gasteiger partial charge on any atom is -0.480 e. The van der Waals surface area contributed by atoms with Gasteiger partial charge in [0.1, 0.15) is 6.04 Å². The van der Waals surface area contributed by atoms with Gasteiger partial charge in [0.05, 0.1) is 4.90 Å². The van der Waals surface area contributed by atoms with E-state index >= 15 is 0 Å². The van der Waals surface area contributed by atoms with Crippen LogP contribution in [-0.2, 0) is 21.2 Å². The lowest BCUT2D eigenvalue weighted by Gasteiger charge is -2.14. The quantitative estimate of drug-likeness (QED) is 0.560. The lowest BCUT2D eigenvalue weighted by Crippen LogP contribution is -2.40. The van der Waals surface area contributed by atoms with E-state index in [-0.39, 0.29) is 4.90 Å². The van der Waals surface area contributed by atoms with Crippen LogP contribution in [-0.4, -0.2) is 25.5 Å². The molecule has 0 aromatic heterocycles. The summed E-state index contributed by atoms with van der Waals surface area (Å²) in [5, 5.41) is 9.17. The molecule has 0 radical (unpaired) electrons. The molecule has 2 N–H and O–H groups in total. The van der Waals surface area contributed by atoms with Crippen molar-refractivity contribution < 1.29 is 18.3 Å². The summed E-state index contributed by atoms with van der Waals surface area (Å²) in [6, 6.07) is 5.64. The van der Waals surface area contributed by atoms with Gasteiger partial charge in [-0.25, -0.2) is 8.42 Å². The molecule has 5 nitrogen and oxygen atoms in total. The van der Waals surface area contributed by atoms with Crippen molar-refractivity contribution in [3.63, 3.8) is 0 Å². The molecule has 24 heavy (non-hydrogen) atoms. The molecule has 0 saturated heterocycles. The van der Waals surface area contributed by atoms with Gasteiger partial charge in [0.25, 0.3) is 0 Å². The predicted molar refractivity (Wildman–Crippen MR) is 95.6 cm³/mol. The molecule has 1 atom stereocenters. The van der Waals surface area contributed by atoms with Crippen LogP contribution in [0.25, 0.3) is 0 Å². The van der Waals surface area contributed by atoms with E-state index in [1.807, 2.05) is 19.1 Å². The smallest absolute Gasteiger partial charge is 0.321 e. The molecule has 6 heteroatoms. The van der Waals surface area contributed by atoms with Crippen LogP contribution in [0.4, 0.5) is 0 Å². The van der Waals surface area contributed by atoms with E-state index in [9.17, 15) is 13.2 Å². The summed E-state index contributed by atoms with van der Waals surface area (Å²) in [5.74, 6) is -1.14. The Hall–Kier alpha value is -1.40. The highest BCUT2D eigenvalue weighted by Crippen LogP contribution is 2.15. The maximum atomic E-state index is 12.3. The number of carboxylic acids is 1. The summed E-state index contributed by atoms with van der Waals surface area (Å²) in [7, 11) is -3.81. The number of aliphatic carboxylic acids is 1. The van der Waals surface area contributed by atoms with Gasteiger partial charge in [-0.05, 0) is 37.0 Å².